The smallest absolute Gasteiger partial charge is 0.288 e. The Morgan fingerprint density at radius 3 is 2.80 bits per heavy atom. The molecule has 1 heterocycles. The zero-order valence-electron chi connectivity index (χ0n) is 9.16. The molecule has 0 aliphatic carbocycles. The predicted molar refractivity (Wildman–Crippen MR) is 56.5 cm³/mol. The molecule has 0 spiro atoms. The van der Waals surface area contributed by atoms with Gasteiger partial charge in [-0.2, -0.15) is 5.10 Å². The zero-order valence-corrected chi connectivity index (χ0v) is 9.16. The highest BCUT2D eigenvalue weighted by Crippen LogP contribution is 1.87. The van der Waals surface area contributed by atoms with Crippen molar-refractivity contribution in [1.29, 1.82) is 0 Å². The standard InChI is InChI=1S/C9H17N5O/c1-3-14(4-2)6-5-10-9(15)8-11-7-12-13-8/h7H,3-6H2,1-2H3,(H,10,15)(H,11,12,13). The number of aromatic amines is 1. The summed E-state index contributed by atoms with van der Waals surface area (Å²) >= 11 is 0. The molecule has 0 aliphatic heterocycles. The van der Waals surface area contributed by atoms with Crippen LogP contribution < -0.4 is 5.32 Å². The zero-order chi connectivity index (χ0) is 11.1. The van der Waals surface area contributed by atoms with Gasteiger partial charge in [-0.1, -0.05) is 13.8 Å². The lowest BCUT2D eigenvalue weighted by atomic mass is 10.4. The third kappa shape index (κ3) is 3.67. The molecule has 84 valence electrons. The molecule has 6 heteroatoms. The van der Waals surface area contributed by atoms with Crippen LogP contribution in [0.25, 0.3) is 0 Å². The molecule has 0 radical (unpaired) electrons. The van der Waals surface area contributed by atoms with E-state index in [1.54, 1.807) is 0 Å². The predicted octanol–water partition coefficient (Wildman–Crippen LogP) is -0.124. The van der Waals surface area contributed by atoms with Gasteiger partial charge in [0.05, 0.1) is 0 Å². The normalized spacial score (nSPS) is 10.6. The number of rotatable bonds is 6. The van der Waals surface area contributed by atoms with Crippen LogP contribution in [0.5, 0.6) is 0 Å². The van der Waals surface area contributed by atoms with E-state index in [0.29, 0.717) is 6.54 Å². The molecular weight excluding hydrogens is 194 g/mol. The second-order valence-corrected chi connectivity index (χ2v) is 3.12. The van der Waals surface area contributed by atoms with Gasteiger partial charge < -0.3 is 10.2 Å². The Kier molecular flexibility index (Phi) is 4.76. The second-order valence-electron chi connectivity index (χ2n) is 3.12. The van der Waals surface area contributed by atoms with Crippen molar-refractivity contribution in [3.05, 3.63) is 12.2 Å². The SMILES string of the molecule is CCN(CC)CCNC(=O)c1ncn[nH]1. The quantitative estimate of drug-likeness (QED) is 0.687. The van der Waals surface area contributed by atoms with Gasteiger partial charge in [-0.05, 0) is 13.1 Å². The number of nitrogens with zero attached hydrogens (tertiary/aromatic N) is 3. The van der Waals surface area contributed by atoms with Crippen LogP contribution in [0.2, 0.25) is 0 Å². The Labute approximate surface area is 89.1 Å². The van der Waals surface area contributed by atoms with Crippen molar-refractivity contribution in [2.24, 2.45) is 0 Å². The van der Waals surface area contributed by atoms with Crippen LogP contribution in [0.4, 0.5) is 0 Å². The van der Waals surface area contributed by atoms with E-state index < -0.39 is 0 Å². The first-order chi connectivity index (χ1) is 7.27. The van der Waals surface area contributed by atoms with Gasteiger partial charge in [0, 0.05) is 13.1 Å². The maximum atomic E-state index is 11.4. The first kappa shape index (κ1) is 11.6. The van der Waals surface area contributed by atoms with Crippen molar-refractivity contribution in [1.82, 2.24) is 25.4 Å². The van der Waals surface area contributed by atoms with Gasteiger partial charge in [0.2, 0.25) is 5.82 Å². The van der Waals surface area contributed by atoms with Gasteiger partial charge >= 0.3 is 0 Å². The molecule has 1 amide bonds. The molecule has 0 saturated carbocycles. The molecule has 1 aromatic heterocycles. The molecule has 1 rings (SSSR count). The average molecular weight is 211 g/mol. The Morgan fingerprint density at radius 1 is 1.53 bits per heavy atom. The minimum absolute atomic E-state index is 0.209. The van der Waals surface area contributed by atoms with Crippen molar-refractivity contribution in [3.8, 4) is 0 Å². The number of aromatic nitrogens is 3. The number of likely N-dealkylation sites (N-methyl/N-ethyl adjacent to an activating group) is 1. The summed E-state index contributed by atoms with van der Waals surface area (Å²) in [4.78, 5) is 17.4. The average Bonchev–Trinajstić information content (AvgIpc) is 2.77. The molecule has 0 saturated heterocycles. The van der Waals surface area contributed by atoms with E-state index in [4.69, 9.17) is 0 Å². The largest absolute Gasteiger partial charge is 0.348 e. The highest BCUT2D eigenvalue weighted by molar-refractivity contribution is 5.90. The minimum Gasteiger partial charge on any atom is -0.348 e. The maximum Gasteiger partial charge on any atom is 0.288 e. The number of carbonyl (C=O) groups is 1. The Bertz CT molecular complexity index is 281. The monoisotopic (exact) mass is 211 g/mol. The van der Waals surface area contributed by atoms with Gasteiger partial charge in [-0.3, -0.25) is 9.89 Å². The van der Waals surface area contributed by atoms with Crippen LogP contribution in [0.1, 0.15) is 24.5 Å². The summed E-state index contributed by atoms with van der Waals surface area (Å²) in [7, 11) is 0. The molecular formula is C9H17N5O. The topological polar surface area (TPSA) is 73.9 Å². The molecule has 0 bridgehead atoms. The Balaban J connectivity index is 2.23. The first-order valence-electron chi connectivity index (χ1n) is 5.13. The Morgan fingerprint density at radius 2 is 2.27 bits per heavy atom. The van der Waals surface area contributed by atoms with Crippen LogP contribution in [0.3, 0.4) is 0 Å². The molecule has 6 nitrogen and oxygen atoms in total. The number of H-pyrrole nitrogens is 1. The lowest BCUT2D eigenvalue weighted by Gasteiger charge is -2.17. The van der Waals surface area contributed by atoms with E-state index in [9.17, 15) is 4.79 Å². The lowest BCUT2D eigenvalue weighted by molar-refractivity contribution is 0.0939. The number of nitrogens with one attached hydrogen (secondary N) is 2. The fourth-order valence-corrected chi connectivity index (χ4v) is 1.27. The van der Waals surface area contributed by atoms with E-state index in [-0.39, 0.29) is 11.7 Å². The molecule has 0 unspecified atom stereocenters. The molecule has 0 aliphatic rings. The summed E-state index contributed by atoms with van der Waals surface area (Å²) in [5.41, 5.74) is 0. The van der Waals surface area contributed by atoms with Crippen LogP contribution in [0, 0.1) is 0 Å². The third-order valence-electron chi connectivity index (χ3n) is 2.24. The van der Waals surface area contributed by atoms with Crippen LogP contribution in [-0.4, -0.2) is 52.2 Å². The number of amides is 1. The number of hydrogen-bond acceptors (Lipinski definition) is 4. The van der Waals surface area contributed by atoms with Crippen molar-refractivity contribution < 1.29 is 4.79 Å². The Hall–Kier alpha value is -1.43. The summed E-state index contributed by atoms with van der Waals surface area (Å²) in [5.74, 6) is 0.0502. The van der Waals surface area contributed by atoms with Crippen molar-refractivity contribution in [3.63, 3.8) is 0 Å². The van der Waals surface area contributed by atoms with Crippen molar-refractivity contribution in [2.45, 2.75) is 13.8 Å². The maximum absolute atomic E-state index is 11.4. The fourth-order valence-electron chi connectivity index (χ4n) is 1.27. The van der Waals surface area contributed by atoms with E-state index in [1.165, 1.54) is 6.33 Å². The van der Waals surface area contributed by atoms with E-state index in [1.807, 2.05) is 0 Å². The van der Waals surface area contributed by atoms with Crippen LogP contribution >= 0.6 is 0 Å². The van der Waals surface area contributed by atoms with Crippen LogP contribution in [0.15, 0.2) is 6.33 Å². The summed E-state index contributed by atoms with van der Waals surface area (Å²) in [6.45, 7) is 7.67. The third-order valence-corrected chi connectivity index (χ3v) is 2.24. The van der Waals surface area contributed by atoms with Gasteiger partial charge in [0.15, 0.2) is 0 Å². The van der Waals surface area contributed by atoms with Gasteiger partial charge in [-0.25, -0.2) is 4.98 Å². The summed E-state index contributed by atoms with van der Waals surface area (Å²) in [6, 6.07) is 0. The van der Waals surface area contributed by atoms with E-state index in [2.05, 4.69) is 39.2 Å². The van der Waals surface area contributed by atoms with Gasteiger partial charge in [-0.15, -0.1) is 0 Å². The van der Waals surface area contributed by atoms with Crippen LogP contribution in [-0.2, 0) is 0 Å². The van der Waals surface area contributed by atoms with E-state index in [0.717, 1.165) is 19.6 Å². The van der Waals surface area contributed by atoms with Crippen molar-refractivity contribution >= 4 is 5.91 Å². The summed E-state index contributed by atoms with van der Waals surface area (Å²) in [5, 5.41) is 8.90. The van der Waals surface area contributed by atoms with Crippen molar-refractivity contribution in [2.75, 3.05) is 26.2 Å². The first-order valence-corrected chi connectivity index (χ1v) is 5.13. The highest BCUT2D eigenvalue weighted by atomic mass is 16.2. The molecule has 15 heavy (non-hydrogen) atoms. The van der Waals surface area contributed by atoms with Gasteiger partial charge in [0.25, 0.3) is 5.91 Å². The highest BCUT2D eigenvalue weighted by Gasteiger charge is 2.07. The fraction of sp³-hybridized carbons (Fsp3) is 0.667. The van der Waals surface area contributed by atoms with Gasteiger partial charge in [0.1, 0.15) is 6.33 Å². The number of carbonyl (C=O) groups excluding carboxylic acids is 1. The lowest BCUT2D eigenvalue weighted by Crippen LogP contribution is -2.35. The second kappa shape index (κ2) is 6.13. The van der Waals surface area contributed by atoms with E-state index >= 15 is 0 Å². The summed E-state index contributed by atoms with van der Waals surface area (Å²) in [6.07, 6.45) is 1.32. The molecule has 0 fully saturated rings. The summed E-state index contributed by atoms with van der Waals surface area (Å²) < 4.78 is 0. The molecule has 1 aromatic rings. The molecule has 0 aromatic carbocycles. The molecule has 2 N–H and O–H groups in total. The number of hydrogen-bond donors (Lipinski definition) is 2. The minimum atomic E-state index is -0.209. The molecule has 0 atom stereocenters.